The predicted octanol–water partition coefficient (Wildman–Crippen LogP) is 5.20. The third kappa shape index (κ3) is 4.77. The van der Waals surface area contributed by atoms with E-state index >= 15 is 0 Å². The molecule has 0 radical (unpaired) electrons. The molecule has 6 nitrogen and oxygen atoms in total. The van der Waals surface area contributed by atoms with Gasteiger partial charge in [0, 0.05) is 33.1 Å². The van der Waals surface area contributed by atoms with Crippen LogP contribution < -0.4 is 5.32 Å². The number of nitrogens with one attached hydrogen (secondary N) is 1. The van der Waals surface area contributed by atoms with Gasteiger partial charge in [-0.25, -0.2) is 8.78 Å². The van der Waals surface area contributed by atoms with Crippen LogP contribution in [0.5, 0.6) is 0 Å². The summed E-state index contributed by atoms with van der Waals surface area (Å²) in [6.07, 6.45) is 4.07. The average Bonchev–Trinajstić information content (AvgIpc) is 3.29. The Labute approximate surface area is 200 Å². The first kappa shape index (κ1) is 26.0. The molecular weight excluding hydrogens is 438 g/mol. The van der Waals surface area contributed by atoms with Crippen molar-refractivity contribution >= 4 is 17.5 Å². The fourth-order valence-corrected chi connectivity index (χ4v) is 5.92. The van der Waals surface area contributed by atoms with Crippen molar-refractivity contribution < 1.29 is 18.4 Å². The highest BCUT2D eigenvalue weighted by Crippen LogP contribution is 2.59. The summed E-state index contributed by atoms with van der Waals surface area (Å²) < 4.78 is 28.9. The lowest BCUT2D eigenvalue weighted by Crippen LogP contribution is -2.49. The number of benzene rings is 1. The molecule has 3 rings (SSSR count). The lowest BCUT2D eigenvalue weighted by molar-refractivity contribution is -0.146. The molecule has 1 saturated heterocycles. The van der Waals surface area contributed by atoms with E-state index in [0.717, 1.165) is 19.3 Å². The molecule has 34 heavy (non-hydrogen) atoms. The molecule has 1 saturated carbocycles. The molecule has 1 aliphatic carbocycles. The number of azo groups is 1. The molecule has 4 atom stereocenters. The molecule has 0 spiro atoms. The molecule has 2 amide bonds. The third-order valence-electron chi connectivity index (χ3n) is 8.14. The van der Waals surface area contributed by atoms with Crippen LogP contribution in [0.2, 0.25) is 0 Å². The molecule has 1 N–H and O–H groups in total. The van der Waals surface area contributed by atoms with Crippen LogP contribution in [-0.2, 0) is 9.59 Å². The fraction of sp³-hybridized carbons (Fsp3) is 0.615. The van der Waals surface area contributed by atoms with Crippen molar-refractivity contribution in [1.82, 2.24) is 10.2 Å². The summed E-state index contributed by atoms with van der Waals surface area (Å²) in [5.74, 6) is -1.32. The maximum atomic E-state index is 14.5. The maximum absolute atomic E-state index is 14.5. The van der Waals surface area contributed by atoms with E-state index in [1.165, 1.54) is 32.2 Å². The molecule has 1 aromatic rings. The summed E-state index contributed by atoms with van der Waals surface area (Å²) in [6, 6.07) is 3.73. The van der Waals surface area contributed by atoms with Crippen LogP contribution >= 0.6 is 0 Å². The van der Waals surface area contributed by atoms with Gasteiger partial charge in [-0.1, -0.05) is 39.8 Å². The van der Waals surface area contributed by atoms with Gasteiger partial charge in [0.1, 0.15) is 11.6 Å². The Morgan fingerprint density at radius 1 is 1.21 bits per heavy atom. The lowest BCUT2D eigenvalue weighted by atomic mass is 9.62. The summed E-state index contributed by atoms with van der Waals surface area (Å²) in [4.78, 5) is 27.0. The predicted molar refractivity (Wildman–Crippen MR) is 128 cm³/mol. The van der Waals surface area contributed by atoms with E-state index in [0.29, 0.717) is 13.1 Å². The minimum atomic E-state index is -0.681. The zero-order chi connectivity index (χ0) is 25.3. The second-order valence-corrected chi connectivity index (χ2v) is 10.4. The second kappa shape index (κ2) is 9.92. The number of hydrogen-bond donors (Lipinski definition) is 1. The van der Waals surface area contributed by atoms with Crippen LogP contribution in [-0.4, -0.2) is 42.9 Å². The number of nitrogens with zero attached hydrogens (tertiary/aromatic N) is 3. The summed E-state index contributed by atoms with van der Waals surface area (Å²) in [5.41, 5.74) is -0.968. The van der Waals surface area contributed by atoms with Crippen LogP contribution in [0.1, 0.15) is 59.4 Å². The SMILES string of the molecule is C/N=N\C(=C/C(C)C1CC[C@](C)(C(=O)N2CC[C@H](NC(C)=O)C2)C1(C)C)c1c(F)cccc1F. The van der Waals surface area contributed by atoms with Gasteiger partial charge in [0.05, 0.1) is 16.7 Å². The van der Waals surface area contributed by atoms with Gasteiger partial charge in [-0.05, 0) is 48.6 Å². The maximum Gasteiger partial charge on any atom is 0.229 e. The lowest BCUT2D eigenvalue weighted by Gasteiger charge is -2.44. The number of hydrogen-bond acceptors (Lipinski definition) is 4. The standard InChI is InChI=1S/C26H36F2N4O2/c1-16(14-22(31-29-6)23-20(27)8-7-9-21(23)28)19-10-12-26(5,25(19,3)4)24(34)32-13-11-18(15-32)30-17(2)33/h7-9,14,16,18-19H,10-13,15H2,1-6H3,(H,30,33)/b22-14-,31-29-/t16?,18-,19?,26+/m0/s1. The normalized spacial score (nSPS) is 27.9. The number of allylic oxidation sites excluding steroid dienone is 1. The molecule has 1 heterocycles. The molecule has 1 aromatic carbocycles. The highest BCUT2D eigenvalue weighted by Gasteiger charge is 2.58. The molecule has 0 bridgehead atoms. The van der Waals surface area contributed by atoms with Gasteiger partial charge in [-0.3, -0.25) is 9.59 Å². The van der Waals surface area contributed by atoms with Gasteiger partial charge in [0.15, 0.2) is 0 Å². The zero-order valence-electron chi connectivity index (χ0n) is 21.0. The van der Waals surface area contributed by atoms with Crippen molar-refractivity contribution in [1.29, 1.82) is 0 Å². The highest BCUT2D eigenvalue weighted by molar-refractivity contribution is 5.84. The van der Waals surface area contributed by atoms with Crippen molar-refractivity contribution in [2.24, 2.45) is 32.9 Å². The number of carbonyl (C=O) groups excluding carboxylic acids is 2. The summed E-state index contributed by atoms with van der Waals surface area (Å²) >= 11 is 0. The Bertz CT molecular complexity index is 986. The van der Waals surface area contributed by atoms with Crippen LogP contribution in [0.15, 0.2) is 34.5 Å². The fourth-order valence-electron chi connectivity index (χ4n) is 5.92. The van der Waals surface area contributed by atoms with Crippen molar-refractivity contribution in [3.63, 3.8) is 0 Å². The van der Waals surface area contributed by atoms with Crippen molar-refractivity contribution in [3.8, 4) is 0 Å². The first-order chi connectivity index (χ1) is 15.9. The Hall–Kier alpha value is -2.64. The quantitative estimate of drug-likeness (QED) is 0.575. The molecule has 1 aliphatic heterocycles. The van der Waals surface area contributed by atoms with Crippen molar-refractivity contribution in [2.75, 3.05) is 20.1 Å². The minimum Gasteiger partial charge on any atom is -0.352 e. The molecule has 2 fully saturated rings. The van der Waals surface area contributed by atoms with E-state index in [9.17, 15) is 18.4 Å². The van der Waals surface area contributed by atoms with Gasteiger partial charge in [0.2, 0.25) is 11.8 Å². The van der Waals surface area contributed by atoms with E-state index in [1.807, 2.05) is 18.7 Å². The van der Waals surface area contributed by atoms with E-state index in [-0.39, 0.29) is 46.4 Å². The Morgan fingerprint density at radius 3 is 2.44 bits per heavy atom. The summed E-state index contributed by atoms with van der Waals surface area (Å²) in [5, 5.41) is 10.7. The Balaban J connectivity index is 1.85. The van der Waals surface area contributed by atoms with Crippen LogP contribution in [0.25, 0.3) is 5.70 Å². The first-order valence-corrected chi connectivity index (χ1v) is 11.9. The molecule has 2 unspecified atom stereocenters. The number of amides is 2. The number of carbonyl (C=O) groups is 2. The molecular formula is C26H36F2N4O2. The van der Waals surface area contributed by atoms with Gasteiger partial charge < -0.3 is 10.2 Å². The monoisotopic (exact) mass is 474 g/mol. The largest absolute Gasteiger partial charge is 0.352 e. The smallest absolute Gasteiger partial charge is 0.229 e. The van der Waals surface area contributed by atoms with Crippen molar-refractivity contribution in [2.45, 2.75) is 59.9 Å². The first-order valence-electron chi connectivity index (χ1n) is 11.9. The number of rotatable bonds is 6. The second-order valence-electron chi connectivity index (χ2n) is 10.4. The van der Waals surface area contributed by atoms with Gasteiger partial charge in [0.25, 0.3) is 0 Å². The molecule has 0 aromatic heterocycles. The van der Waals surface area contributed by atoms with Crippen LogP contribution in [0.3, 0.4) is 0 Å². The molecule has 186 valence electrons. The Morgan fingerprint density at radius 2 is 1.85 bits per heavy atom. The minimum absolute atomic E-state index is 0.00940. The van der Waals surface area contributed by atoms with E-state index < -0.39 is 17.0 Å². The average molecular weight is 475 g/mol. The topological polar surface area (TPSA) is 74.1 Å². The van der Waals surface area contributed by atoms with E-state index in [1.54, 1.807) is 6.08 Å². The van der Waals surface area contributed by atoms with Gasteiger partial charge >= 0.3 is 0 Å². The van der Waals surface area contributed by atoms with Crippen LogP contribution in [0, 0.1) is 34.3 Å². The van der Waals surface area contributed by atoms with Crippen LogP contribution in [0.4, 0.5) is 8.78 Å². The van der Waals surface area contributed by atoms with E-state index in [4.69, 9.17) is 0 Å². The molecule has 8 heteroatoms. The number of halogens is 2. The third-order valence-corrected chi connectivity index (χ3v) is 8.14. The van der Waals surface area contributed by atoms with E-state index in [2.05, 4.69) is 29.4 Å². The van der Waals surface area contributed by atoms with Gasteiger partial charge in [-0.2, -0.15) is 10.2 Å². The summed E-state index contributed by atoms with van der Waals surface area (Å²) in [7, 11) is 1.47. The zero-order valence-corrected chi connectivity index (χ0v) is 21.0. The Kier molecular flexibility index (Phi) is 7.58. The van der Waals surface area contributed by atoms with Crippen molar-refractivity contribution in [3.05, 3.63) is 41.5 Å². The van der Waals surface area contributed by atoms with Gasteiger partial charge in [-0.15, -0.1) is 0 Å². The summed E-state index contributed by atoms with van der Waals surface area (Å²) in [6.45, 7) is 10.9. The number of likely N-dealkylation sites (tertiary alicyclic amines) is 1. The molecule has 2 aliphatic rings. The highest BCUT2D eigenvalue weighted by atomic mass is 19.1.